The van der Waals surface area contributed by atoms with Crippen LogP contribution in [0.25, 0.3) is 66.1 Å². The van der Waals surface area contributed by atoms with E-state index in [1.165, 1.54) is 0 Å². The minimum Gasteiger partial charge on any atom is -0.478 e. The molecule has 0 fully saturated rings. The number of hydrogen-bond acceptors (Lipinski definition) is 4. The third kappa shape index (κ3) is 5.66. The van der Waals surface area contributed by atoms with Gasteiger partial charge in [-0.2, -0.15) is 0 Å². The number of fused-ring (bicyclic) bond motifs is 6. The van der Waals surface area contributed by atoms with Crippen LogP contribution in [0.4, 0.5) is 0 Å². The molecule has 0 aliphatic heterocycles. The third-order valence-corrected chi connectivity index (χ3v) is 9.19. The molecule has 0 unspecified atom stereocenters. The van der Waals surface area contributed by atoms with Crippen LogP contribution in [0.1, 0.15) is 34.1 Å². The minimum atomic E-state index is -0.964. The Balaban J connectivity index is 0.000000150. The Labute approximate surface area is 286 Å². The van der Waals surface area contributed by atoms with Gasteiger partial charge in [-0.05, 0) is 47.5 Å². The number of carbonyl (C=O) groups is 2. The lowest BCUT2D eigenvalue weighted by atomic mass is 9.95. The molecule has 0 saturated heterocycles. The Kier molecular flexibility index (Phi) is 8.26. The van der Waals surface area contributed by atoms with Crippen LogP contribution in [0.15, 0.2) is 139 Å². The molecule has 8 aromatic rings. The monoisotopic (exact) mass is 744 g/mol. The lowest BCUT2D eigenvalue weighted by molar-refractivity contribution is 0.0697. The van der Waals surface area contributed by atoms with Gasteiger partial charge in [0.2, 0.25) is 0 Å². The zero-order valence-corrected chi connectivity index (χ0v) is 28.3. The number of carboxylic acids is 1. The van der Waals surface area contributed by atoms with Gasteiger partial charge in [-0.1, -0.05) is 124 Å². The molecule has 0 aliphatic rings. The predicted octanol–water partition coefficient (Wildman–Crippen LogP) is 12.3. The molecular weight excluding hydrogens is 720 g/mol. The first-order valence-corrected chi connectivity index (χ1v) is 16.6. The molecule has 6 aromatic carbocycles. The van der Waals surface area contributed by atoms with Crippen molar-refractivity contribution in [2.45, 2.75) is 13.3 Å². The second-order valence-corrected chi connectivity index (χ2v) is 12.9. The highest BCUT2D eigenvalue weighted by Gasteiger charge is 2.19. The fraction of sp³-hybridized carbons (Fsp3) is 0.0500. The first kappa shape index (κ1) is 30.7. The van der Waals surface area contributed by atoms with E-state index in [1.54, 1.807) is 12.1 Å². The van der Waals surface area contributed by atoms with Gasteiger partial charge >= 0.3 is 5.97 Å². The summed E-state index contributed by atoms with van der Waals surface area (Å²) in [4.78, 5) is 24.0. The SMILES string of the molecule is CCC(=O)c1cc(Br)ccc1-c1cccc2c1oc1ccccc12.O=C(O)c1cc(Br)ccc1-c1cccc2c1oc1ccccc12. The number of halogens is 2. The first-order valence-electron chi connectivity index (χ1n) is 15.0. The molecule has 0 spiro atoms. The summed E-state index contributed by atoms with van der Waals surface area (Å²) in [5.74, 6) is -0.839. The number of ketones is 1. The molecule has 5 nitrogen and oxygen atoms in total. The van der Waals surface area contributed by atoms with Gasteiger partial charge in [-0.25, -0.2) is 4.79 Å². The van der Waals surface area contributed by atoms with Crippen molar-refractivity contribution in [2.24, 2.45) is 0 Å². The zero-order valence-electron chi connectivity index (χ0n) is 25.1. The lowest BCUT2D eigenvalue weighted by Crippen LogP contribution is -2.00. The number of rotatable bonds is 5. The molecule has 230 valence electrons. The summed E-state index contributed by atoms with van der Waals surface area (Å²) in [6.07, 6.45) is 0.472. The maximum Gasteiger partial charge on any atom is 0.336 e. The fourth-order valence-corrected chi connectivity index (χ4v) is 6.74. The summed E-state index contributed by atoms with van der Waals surface area (Å²) in [6.45, 7) is 1.88. The third-order valence-electron chi connectivity index (χ3n) is 8.20. The second-order valence-electron chi connectivity index (χ2n) is 11.0. The number of carboxylic acid groups (broad SMARTS) is 1. The highest BCUT2D eigenvalue weighted by Crippen LogP contribution is 2.39. The molecule has 2 aromatic heterocycles. The smallest absolute Gasteiger partial charge is 0.336 e. The van der Waals surface area contributed by atoms with E-state index in [0.29, 0.717) is 17.6 Å². The highest BCUT2D eigenvalue weighted by molar-refractivity contribution is 9.10. The molecule has 8 rings (SSSR count). The van der Waals surface area contributed by atoms with Crippen LogP contribution >= 0.6 is 31.9 Å². The Morgan fingerprint density at radius 1 is 0.553 bits per heavy atom. The van der Waals surface area contributed by atoms with Crippen molar-refractivity contribution in [3.63, 3.8) is 0 Å². The summed E-state index contributed by atoms with van der Waals surface area (Å²) in [5.41, 5.74) is 7.44. The maximum absolute atomic E-state index is 12.4. The zero-order chi connectivity index (χ0) is 32.7. The van der Waals surface area contributed by atoms with Crippen molar-refractivity contribution >= 4 is 87.5 Å². The predicted molar refractivity (Wildman–Crippen MR) is 195 cm³/mol. The Morgan fingerprint density at radius 3 is 1.49 bits per heavy atom. The number of Topliss-reactive ketones (excluding diaryl/α,β-unsaturated/α-hetero) is 1. The number of para-hydroxylation sites is 4. The van der Waals surface area contributed by atoms with E-state index < -0.39 is 5.97 Å². The molecule has 0 atom stereocenters. The Hall–Kier alpha value is -4.98. The molecular formula is C40H26Br2O5. The van der Waals surface area contributed by atoms with E-state index in [-0.39, 0.29) is 11.3 Å². The number of furan rings is 2. The van der Waals surface area contributed by atoms with Crippen molar-refractivity contribution in [2.75, 3.05) is 0 Å². The normalized spacial score (nSPS) is 11.2. The minimum absolute atomic E-state index is 0.124. The number of carbonyl (C=O) groups excluding carboxylic acids is 1. The Morgan fingerprint density at radius 2 is 1.00 bits per heavy atom. The molecule has 0 radical (unpaired) electrons. The second kappa shape index (κ2) is 12.7. The van der Waals surface area contributed by atoms with Crippen molar-refractivity contribution in [1.82, 2.24) is 0 Å². The van der Waals surface area contributed by atoms with E-state index in [9.17, 15) is 14.7 Å². The lowest BCUT2D eigenvalue weighted by Gasteiger charge is -2.09. The van der Waals surface area contributed by atoms with Gasteiger partial charge in [0.25, 0.3) is 0 Å². The van der Waals surface area contributed by atoms with Gasteiger partial charge < -0.3 is 13.9 Å². The van der Waals surface area contributed by atoms with Crippen LogP contribution in [0.5, 0.6) is 0 Å². The van der Waals surface area contributed by atoms with Gasteiger partial charge in [0.05, 0.1) is 5.56 Å². The summed E-state index contributed by atoms with van der Waals surface area (Å²) >= 11 is 6.80. The summed E-state index contributed by atoms with van der Waals surface area (Å²) < 4.78 is 13.7. The van der Waals surface area contributed by atoms with Crippen LogP contribution in [0.2, 0.25) is 0 Å². The molecule has 2 heterocycles. The van der Waals surface area contributed by atoms with Crippen LogP contribution in [0.3, 0.4) is 0 Å². The number of aromatic carboxylic acids is 1. The first-order chi connectivity index (χ1) is 22.8. The molecule has 0 saturated carbocycles. The topological polar surface area (TPSA) is 80.7 Å². The quantitative estimate of drug-likeness (QED) is 0.177. The summed E-state index contributed by atoms with van der Waals surface area (Å²) in [5, 5.41) is 13.7. The largest absolute Gasteiger partial charge is 0.478 e. The standard InChI is InChI=1S/C21H15BrO2.C19H11BrO3/c1-2-19(23)18-12-13(22)10-11-14(18)16-7-5-8-17-15-6-3-4-9-20(15)24-21(16)17;20-11-8-9-12(16(10-11)19(21)22)14-5-3-6-15-13-4-1-2-7-17(13)23-18(14)15/h3-12H,2H2,1H3;1-10H,(H,21,22). The molecule has 0 aliphatic carbocycles. The van der Waals surface area contributed by atoms with E-state index in [1.807, 2.05) is 104 Å². The number of hydrogen-bond donors (Lipinski definition) is 1. The van der Waals surface area contributed by atoms with Crippen molar-refractivity contribution < 1.29 is 23.5 Å². The van der Waals surface area contributed by atoms with Crippen LogP contribution in [-0.4, -0.2) is 16.9 Å². The molecule has 47 heavy (non-hydrogen) atoms. The van der Waals surface area contributed by atoms with Gasteiger partial charge in [-0.15, -0.1) is 0 Å². The van der Waals surface area contributed by atoms with E-state index in [2.05, 4.69) is 44.0 Å². The number of benzene rings is 6. The van der Waals surface area contributed by atoms with Crippen molar-refractivity contribution in [3.05, 3.63) is 141 Å². The van der Waals surface area contributed by atoms with Crippen LogP contribution < -0.4 is 0 Å². The van der Waals surface area contributed by atoms with Crippen LogP contribution in [-0.2, 0) is 0 Å². The Bertz CT molecular complexity index is 2490. The molecule has 7 heteroatoms. The van der Waals surface area contributed by atoms with Crippen molar-refractivity contribution in [3.8, 4) is 22.3 Å². The van der Waals surface area contributed by atoms with E-state index >= 15 is 0 Å². The van der Waals surface area contributed by atoms with Crippen molar-refractivity contribution in [1.29, 1.82) is 0 Å². The van der Waals surface area contributed by atoms with Gasteiger partial charge in [-0.3, -0.25) is 4.79 Å². The highest BCUT2D eigenvalue weighted by atomic mass is 79.9. The van der Waals surface area contributed by atoms with Gasteiger partial charge in [0, 0.05) is 53.6 Å². The van der Waals surface area contributed by atoms with Crippen LogP contribution in [0, 0.1) is 0 Å². The average Bonchev–Trinajstić information content (AvgIpc) is 3.67. The molecule has 0 bridgehead atoms. The summed E-state index contributed by atoms with van der Waals surface area (Å²) in [6, 6.07) is 38.8. The molecule has 1 N–H and O–H groups in total. The van der Waals surface area contributed by atoms with Gasteiger partial charge in [0.15, 0.2) is 5.78 Å². The van der Waals surface area contributed by atoms with E-state index in [0.717, 1.165) is 69.5 Å². The van der Waals surface area contributed by atoms with E-state index in [4.69, 9.17) is 8.83 Å². The molecule has 0 amide bonds. The van der Waals surface area contributed by atoms with Gasteiger partial charge in [0.1, 0.15) is 22.3 Å². The maximum atomic E-state index is 12.4. The fourth-order valence-electron chi connectivity index (χ4n) is 6.02. The average molecular weight is 746 g/mol. The summed E-state index contributed by atoms with van der Waals surface area (Å²) in [7, 11) is 0.